The zero-order chi connectivity index (χ0) is 9.52. The van der Waals surface area contributed by atoms with Crippen LogP contribution < -0.4 is 0 Å². The highest BCUT2D eigenvalue weighted by Crippen LogP contribution is 2.61. The first kappa shape index (κ1) is 9.30. The summed E-state index contributed by atoms with van der Waals surface area (Å²) in [5, 5.41) is 8.88. The Hall–Kier alpha value is -0.790. The summed E-state index contributed by atoms with van der Waals surface area (Å²) in [7, 11) is 0. The molecule has 0 saturated heterocycles. The van der Waals surface area contributed by atoms with Gasteiger partial charge in [-0.2, -0.15) is 0 Å². The number of carboxylic acids is 1. The third-order valence-electron chi connectivity index (χ3n) is 3.04. The Morgan fingerprint density at radius 1 is 1.42 bits per heavy atom. The summed E-state index contributed by atoms with van der Waals surface area (Å²) in [6.45, 7) is 8.00. The Labute approximate surface area is 73.3 Å². The Morgan fingerprint density at radius 3 is 2.17 bits per heavy atom. The summed E-state index contributed by atoms with van der Waals surface area (Å²) in [6, 6.07) is 0. The van der Waals surface area contributed by atoms with Gasteiger partial charge in [0.15, 0.2) is 0 Å². The minimum atomic E-state index is -0.661. The quantitative estimate of drug-likeness (QED) is 0.642. The minimum absolute atomic E-state index is 0.0393. The molecule has 12 heavy (non-hydrogen) atoms. The number of hydrogen-bond donors (Lipinski definition) is 1. The molecule has 1 saturated carbocycles. The lowest BCUT2D eigenvalue weighted by Gasteiger charge is -2.00. The maximum absolute atomic E-state index is 10.8. The van der Waals surface area contributed by atoms with Crippen molar-refractivity contribution in [3.05, 3.63) is 11.6 Å². The summed E-state index contributed by atoms with van der Waals surface area (Å²) in [6.07, 6.45) is 2.01. The molecule has 1 N–H and O–H groups in total. The number of carboxylic acid groups (broad SMARTS) is 1. The number of rotatable bonds is 2. The fourth-order valence-electron chi connectivity index (χ4n) is 2.13. The van der Waals surface area contributed by atoms with Crippen LogP contribution in [0.25, 0.3) is 0 Å². The smallest absolute Gasteiger partial charge is 0.307 e. The van der Waals surface area contributed by atoms with Crippen LogP contribution in [-0.4, -0.2) is 11.1 Å². The average Bonchev–Trinajstić information content (AvgIpc) is 2.52. The highest BCUT2D eigenvalue weighted by molar-refractivity contribution is 5.76. The van der Waals surface area contributed by atoms with Crippen molar-refractivity contribution in [2.75, 3.05) is 0 Å². The molecule has 0 heterocycles. The van der Waals surface area contributed by atoms with Gasteiger partial charge in [-0.05, 0) is 25.2 Å². The van der Waals surface area contributed by atoms with E-state index in [-0.39, 0.29) is 17.3 Å². The SMILES string of the molecule is C/C=C(\C)C1C(C(=O)O)C1(C)C. The summed E-state index contributed by atoms with van der Waals surface area (Å²) in [5.74, 6) is -0.583. The molecule has 0 radical (unpaired) electrons. The first-order valence-electron chi connectivity index (χ1n) is 4.28. The zero-order valence-electron chi connectivity index (χ0n) is 8.09. The molecule has 1 aliphatic rings. The first-order valence-corrected chi connectivity index (χ1v) is 4.28. The molecular weight excluding hydrogens is 152 g/mol. The first-order chi connectivity index (χ1) is 5.42. The Bertz CT molecular complexity index is 238. The van der Waals surface area contributed by atoms with Crippen molar-refractivity contribution in [3.63, 3.8) is 0 Å². The molecule has 0 aromatic heterocycles. The Balaban J connectivity index is 2.80. The van der Waals surface area contributed by atoms with E-state index < -0.39 is 5.97 Å². The van der Waals surface area contributed by atoms with Gasteiger partial charge in [-0.15, -0.1) is 0 Å². The van der Waals surface area contributed by atoms with Gasteiger partial charge in [0.05, 0.1) is 5.92 Å². The van der Waals surface area contributed by atoms with Crippen molar-refractivity contribution in [1.29, 1.82) is 0 Å². The topological polar surface area (TPSA) is 37.3 Å². The molecule has 0 bridgehead atoms. The second-order valence-corrected chi connectivity index (χ2v) is 4.15. The van der Waals surface area contributed by atoms with E-state index in [4.69, 9.17) is 5.11 Å². The molecule has 2 heteroatoms. The van der Waals surface area contributed by atoms with Crippen molar-refractivity contribution in [2.45, 2.75) is 27.7 Å². The lowest BCUT2D eigenvalue weighted by atomic mass is 10.0. The van der Waals surface area contributed by atoms with E-state index in [1.54, 1.807) is 0 Å². The highest BCUT2D eigenvalue weighted by atomic mass is 16.4. The molecular formula is C10H16O2. The van der Waals surface area contributed by atoms with Gasteiger partial charge in [-0.1, -0.05) is 25.5 Å². The molecule has 2 unspecified atom stereocenters. The highest BCUT2D eigenvalue weighted by Gasteiger charge is 2.62. The van der Waals surface area contributed by atoms with E-state index in [0.717, 1.165) is 0 Å². The van der Waals surface area contributed by atoms with Gasteiger partial charge < -0.3 is 5.11 Å². The third kappa shape index (κ3) is 1.15. The van der Waals surface area contributed by atoms with Gasteiger partial charge in [0.1, 0.15) is 0 Å². The van der Waals surface area contributed by atoms with Gasteiger partial charge in [-0.25, -0.2) is 0 Å². The van der Waals surface area contributed by atoms with Crippen LogP contribution in [0.4, 0.5) is 0 Å². The zero-order valence-corrected chi connectivity index (χ0v) is 8.09. The van der Waals surface area contributed by atoms with E-state index in [1.807, 2.05) is 33.8 Å². The summed E-state index contributed by atoms with van der Waals surface area (Å²) in [5.41, 5.74) is 1.16. The van der Waals surface area contributed by atoms with Gasteiger partial charge in [-0.3, -0.25) is 4.79 Å². The molecule has 0 aromatic rings. The lowest BCUT2D eigenvalue weighted by Crippen LogP contribution is -2.03. The van der Waals surface area contributed by atoms with E-state index >= 15 is 0 Å². The van der Waals surface area contributed by atoms with Crippen molar-refractivity contribution in [1.82, 2.24) is 0 Å². The standard InChI is InChI=1S/C10H16O2/c1-5-6(2)7-8(9(11)12)10(7,3)4/h5,7-8H,1-4H3,(H,11,12)/b6-5+. The molecule has 68 valence electrons. The maximum Gasteiger partial charge on any atom is 0.307 e. The van der Waals surface area contributed by atoms with Crippen molar-refractivity contribution in [3.8, 4) is 0 Å². The normalized spacial score (nSPS) is 33.2. The van der Waals surface area contributed by atoms with Crippen LogP contribution in [0.5, 0.6) is 0 Å². The molecule has 0 aliphatic heterocycles. The molecule has 1 fully saturated rings. The molecule has 0 aromatic carbocycles. The number of aliphatic carboxylic acids is 1. The molecule has 0 amide bonds. The second-order valence-electron chi connectivity index (χ2n) is 4.15. The van der Waals surface area contributed by atoms with E-state index in [0.29, 0.717) is 0 Å². The fourth-order valence-corrected chi connectivity index (χ4v) is 2.13. The van der Waals surface area contributed by atoms with Gasteiger partial charge in [0, 0.05) is 0 Å². The lowest BCUT2D eigenvalue weighted by molar-refractivity contribution is -0.139. The predicted octanol–water partition coefficient (Wildman–Crippen LogP) is 2.31. The van der Waals surface area contributed by atoms with Crippen LogP contribution in [-0.2, 0) is 4.79 Å². The number of carbonyl (C=O) groups is 1. The largest absolute Gasteiger partial charge is 0.481 e. The Morgan fingerprint density at radius 2 is 1.92 bits per heavy atom. The van der Waals surface area contributed by atoms with Crippen LogP contribution in [0, 0.1) is 17.3 Å². The van der Waals surface area contributed by atoms with Gasteiger partial charge in [0.25, 0.3) is 0 Å². The van der Waals surface area contributed by atoms with Crippen molar-refractivity contribution >= 4 is 5.97 Å². The fraction of sp³-hybridized carbons (Fsp3) is 0.700. The average molecular weight is 168 g/mol. The third-order valence-corrected chi connectivity index (χ3v) is 3.04. The van der Waals surface area contributed by atoms with Crippen molar-refractivity contribution < 1.29 is 9.90 Å². The molecule has 1 rings (SSSR count). The van der Waals surface area contributed by atoms with Crippen LogP contribution in [0.2, 0.25) is 0 Å². The van der Waals surface area contributed by atoms with Crippen LogP contribution in [0.15, 0.2) is 11.6 Å². The minimum Gasteiger partial charge on any atom is -0.481 e. The summed E-state index contributed by atoms with van der Waals surface area (Å²) < 4.78 is 0. The Kier molecular flexibility index (Phi) is 2.02. The predicted molar refractivity (Wildman–Crippen MR) is 47.8 cm³/mol. The van der Waals surface area contributed by atoms with Crippen LogP contribution in [0.1, 0.15) is 27.7 Å². The van der Waals surface area contributed by atoms with E-state index in [2.05, 4.69) is 0 Å². The number of hydrogen-bond acceptors (Lipinski definition) is 1. The molecule has 1 aliphatic carbocycles. The molecule has 0 spiro atoms. The maximum atomic E-state index is 10.8. The van der Waals surface area contributed by atoms with E-state index in [1.165, 1.54) is 5.57 Å². The molecule has 2 nitrogen and oxygen atoms in total. The van der Waals surface area contributed by atoms with Crippen LogP contribution in [0.3, 0.4) is 0 Å². The van der Waals surface area contributed by atoms with Gasteiger partial charge >= 0.3 is 5.97 Å². The van der Waals surface area contributed by atoms with E-state index in [9.17, 15) is 4.79 Å². The van der Waals surface area contributed by atoms with Crippen LogP contribution >= 0.6 is 0 Å². The summed E-state index contributed by atoms with van der Waals surface area (Å²) >= 11 is 0. The number of allylic oxidation sites excluding steroid dienone is 2. The second kappa shape index (κ2) is 2.61. The molecule has 2 atom stereocenters. The van der Waals surface area contributed by atoms with Gasteiger partial charge in [0.2, 0.25) is 0 Å². The van der Waals surface area contributed by atoms with Crippen molar-refractivity contribution in [2.24, 2.45) is 17.3 Å². The monoisotopic (exact) mass is 168 g/mol. The summed E-state index contributed by atoms with van der Waals surface area (Å²) in [4.78, 5) is 10.8.